The molecule has 0 fully saturated rings. The molecule has 0 saturated carbocycles. The highest BCUT2D eigenvalue weighted by Crippen LogP contribution is 2.25. The number of benzene rings is 1. The van der Waals surface area contributed by atoms with Crippen LogP contribution in [0.25, 0.3) is 10.9 Å². The van der Waals surface area contributed by atoms with Crippen LogP contribution in [0.3, 0.4) is 0 Å². The third-order valence-corrected chi connectivity index (χ3v) is 2.16. The van der Waals surface area contributed by atoms with Gasteiger partial charge in [-0.15, -0.1) is 13.2 Å². The van der Waals surface area contributed by atoms with Crippen LogP contribution < -0.4 is 10.5 Å². The molecule has 0 bridgehead atoms. The third kappa shape index (κ3) is 2.85. The molecule has 1 heterocycles. The van der Waals surface area contributed by atoms with Gasteiger partial charge in [0.05, 0.1) is 11.2 Å². The van der Waals surface area contributed by atoms with E-state index in [1.54, 1.807) is 12.1 Å². The summed E-state index contributed by atoms with van der Waals surface area (Å²) in [6, 6.07) is 7.31. The van der Waals surface area contributed by atoms with Gasteiger partial charge in [-0.3, -0.25) is 4.98 Å². The summed E-state index contributed by atoms with van der Waals surface area (Å²) in [5.74, 6) is -0.257. The monoisotopic (exact) mass is 242 g/mol. The fraction of sp³-hybridized carbons (Fsp3) is 0.182. The zero-order valence-corrected chi connectivity index (χ0v) is 8.66. The summed E-state index contributed by atoms with van der Waals surface area (Å²) < 4.78 is 39.8. The number of halogens is 3. The van der Waals surface area contributed by atoms with E-state index in [4.69, 9.17) is 5.73 Å². The first-order valence-corrected chi connectivity index (χ1v) is 4.83. The van der Waals surface area contributed by atoms with Crippen LogP contribution >= 0.6 is 0 Å². The zero-order valence-electron chi connectivity index (χ0n) is 8.66. The molecule has 1 aromatic heterocycles. The summed E-state index contributed by atoms with van der Waals surface area (Å²) in [6.07, 6.45) is -4.68. The maximum Gasteiger partial charge on any atom is 0.573 e. The quantitative estimate of drug-likeness (QED) is 0.880. The second kappa shape index (κ2) is 4.21. The number of rotatable bonds is 2. The second-order valence-electron chi connectivity index (χ2n) is 3.41. The SMILES string of the molecule is NCc1ccc2cc(OC(F)(F)F)ccc2n1. The standard InChI is InChI=1S/C11H9F3N2O/c12-11(13,14)17-9-3-4-10-7(5-9)1-2-8(6-15)16-10/h1-5H,6,15H2. The Bertz CT molecular complexity index is 540. The first-order valence-electron chi connectivity index (χ1n) is 4.83. The van der Waals surface area contributed by atoms with Gasteiger partial charge < -0.3 is 10.5 Å². The van der Waals surface area contributed by atoms with Gasteiger partial charge in [-0.05, 0) is 24.3 Å². The number of hydrogen-bond acceptors (Lipinski definition) is 3. The highest BCUT2D eigenvalue weighted by atomic mass is 19.4. The molecule has 17 heavy (non-hydrogen) atoms. The number of fused-ring (bicyclic) bond motifs is 1. The van der Waals surface area contributed by atoms with Gasteiger partial charge in [-0.1, -0.05) is 6.07 Å². The van der Waals surface area contributed by atoms with E-state index in [2.05, 4.69) is 9.72 Å². The van der Waals surface area contributed by atoms with Crippen LogP contribution in [-0.2, 0) is 6.54 Å². The third-order valence-electron chi connectivity index (χ3n) is 2.16. The lowest BCUT2D eigenvalue weighted by molar-refractivity contribution is -0.274. The highest BCUT2D eigenvalue weighted by Gasteiger charge is 2.31. The van der Waals surface area contributed by atoms with Crippen molar-refractivity contribution < 1.29 is 17.9 Å². The van der Waals surface area contributed by atoms with Crippen molar-refractivity contribution in [2.45, 2.75) is 12.9 Å². The molecule has 0 aliphatic rings. The fourth-order valence-corrected chi connectivity index (χ4v) is 1.46. The molecule has 2 aromatic rings. The molecule has 1 aromatic carbocycles. The molecule has 0 atom stereocenters. The molecular formula is C11H9F3N2O. The largest absolute Gasteiger partial charge is 0.573 e. The van der Waals surface area contributed by atoms with Gasteiger partial charge in [0.15, 0.2) is 0 Å². The van der Waals surface area contributed by atoms with Crippen molar-refractivity contribution in [3.8, 4) is 5.75 Å². The lowest BCUT2D eigenvalue weighted by Crippen LogP contribution is -2.17. The van der Waals surface area contributed by atoms with E-state index >= 15 is 0 Å². The maximum absolute atomic E-state index is 12.0. The molecule has 6 heteroatoms. The summed E-state index contributed by atoms with van der Waals surface area (Å²) in [5, 5.41) is 0.573. The molecule has 0 spiro atoms. The van der Waals surface area contributed by atoms with Crippen LogP contribution in [0.15, 0.2) is 30.3 Å². The number of ether oxygens (including phenoxy) is 1. The molecule has 90 valence electrons. The van der Waals surface area contributed by atoms with Crippen molar-refractivity contribution in [2.24, 2.45) is 5.73 Å². The van der Waals surface area contributed by atoms with Crippen LogP contribution in [0.5, 0.6) is 5.75 Å². The smallest absolute Gasteiger partial charge is 0.406 e. The van der Waals surface area contributed by atoms with E-state index in [-0.39, 0.29) is 12.3 Å². The van der Waals surface area contributed by atoms with Gasteiger partial charge in [0, 0.05) is 11.9 Å². The maximum atomic E-state index is 12.0. The van der Waals surface area contributed by atoms with Gasteiger partial charge >= 0.3 is 6.36 Å². The first-order chi connectivity index (χ1) is 7.98. The average molecular weight is 242 g/mol. The Morgan fingerprint density at radius 1 is 1.18 bits per heavy atom. The van der Waals surface area contributed by atoms with Crippen LogP contribution in [0.4, 0.5) is 13.2 Å². The average Bonchev–Trinajstić information content (AvgIpc) is 2.26. The molecule has 0 unspecified atom stereocenters. The molecule has 2 rings (SSSR count). The van der Waals surface area contributed by atoms with Gasteiger partial charge in [-0.25, -0.2) is 0 Å². The molecule has 0 radical (unpaired) electrons. The molecule has 2 N–H and O–H groups in total. The van der Waals surface area contributed by atoms with Gasteiger partial charge in [-0.2, -0.15) is 0 Å². The highest BCUT2D eigenvalue weighted by molar-refractivity contribution is 5.80. The van der Waals surface area contributed by atoms with Gasteiger partial charge in [0.25, 0.3) is 0 Å². The minimum atomic E-state index is -4.68. The van der Waals surface area contributed by atoms with E-state index in [1.807, 2.05) is 0 Å². The normalized spacial score (nSPS) is 11.8. The van der Waals surface area contributed by atoms with E-state index in [9.17, 15) is 13.2 Å². The molecule has 0 amide bonds. The van der Waals surface area contributed by atoms with Crippen molar-refractivity contribution in [3.63, 3.8) is 0 Å². The predicted molar refractivity (Wildman–Crippen MR) is 56.3 cm³/mol. The Balaban J connectivity index is 2.38. The van der Waals surface area contributed by atoms with Crippen LogP contribution in [-0.4, -0.2) is 11.3 Å². The van der Waals surface area contributed by atoms with Crippen LogP contribution in [0.1, 0.15) is 5.69 Å². The minimum absolute atomic E-state index is 0.257. The van der Waals surface area contributed by atoms with Crippen LogP contribution in [0.2, 0.25) is 0 Å². The lowest BCUT2D eigenvalue weighted by atomic mass is 10.2. The van der Waals surface area contributed by atoms with Crippen molar-refractivity contribution in [2.75, 3.05) is 0 Å². The molecule has 3 nitrogen and oxygen atoms in total. The van der Waals surface area contributed by atoms with Crippen molar-refractivity contribution >= 4 is 10.9 Å². The predicted octanol–water partition coefficient (Wildman–Crippen LogP) is 2.59. The Morgan fingerprint density at radius 2 is 1.94 bits per heavy atom. The fourth-order valence-electron chi connectivity index (χ4n) is 1.46. The van der Waals surface area contributed by atoms with Gasteiger partial charge in [0.1, 0.15) is 5.75 Å². The molecule has 0 saturated heterocycles. The minimum Gasteiger partial charge on any atom is -0.406 e. The number of hydrogen-bond donors (Lipinski definition) is 1. The second-order valence-corrected chi connectivity index (χ2v) is 3.41. The summed E-state index contributed by atoms with van der Waals surface area (Å²) in [6.45, 7) is 0.288. The number of aromatic nitrogens is 1. The Morgan fingerprint density at radius 3 is 2.59 bits per heavy atom. The summed E-state index contributed by atoms with van der Waals surface area (Å²) in [7, 11) is 0. The Labute approximate surface area is 95.0 Å². The van der Waals surface area contributed by atoms with Crippen LogP contribution in [0, 0.1) is 0 Å². The van der Waals surface area contributed by atoms with E-state index < -0.39 is 6.36 Å². The van der Waals surface area contributed by atoms with Gasteiger partial charge in [0.2, 0.25) is 0 Å². The number of nitrogens with zero attached hydrogens (tertiary/aromatic N) is 1. The summed E-state index contributed by atoms with van der Waals surface area (Å²) >= 11 is 0. The summed E-state index contributed by atoms with van der Waals surface area (Å²) in [5.41, 5.74) is 6.69. The molecular weight excluding hydrogens is 233 g/mol. The number of pyridine rings is 1. The van der Waals surface area contributed by atoms with Crippen molar-refractivity contribution in [3.05, 3.63) is 36.0 Å². The Hall–Kier alpha value is -1.82. The number of alkyl halides is 3. The first kappa shape index (κ1) is 11.7. The van der Waals surface area contributed by atoms with E-state index in [0.29, 0.717) is 16.6 Å². The van der Waals surface area contributed by atoms with Crippen molar-refractivity contribution in [1.82, 2.24) is 4.98 Å². The van der Waals surface area contributed by atoms with Crippen molar-refractivity contribution in [1.29, 1.82) is 0 Å². The zero-order chi connectivity index (χ0) is 12.5. The lowest BCUT2D eigenvalue weighted by Gasteiger charge is -2.09. The number of nitrogens with two attached hydrogens (primary N) is 1. The molecule has 0 aliphatic carbocycles. The summed E-state index contributed by atoms with van der Waals surface area (Å²) in [4.78, 5) is 4.17. The Kier molecular flexibility index (Phi) is 2.89. The van der Waals surface area contributed by atoms with E-state index in [0.717, 1.165) is 0 Å². The topological polar surface area (TPSA) is 48.1 Å². The van der Waals surface area contributed by atoms with E-state index in [1.165, 1.54) is 18.2 Å². The molecule has 0 aliphatic heterocycles.